The third-order valence-electron chi connectivity index (χ3n) is 4.46. The maximum atomic E-state index is 13.0. The van der Waals surface area contributed by atoms with Crippen molar-refractivity contribution < 1.29 is 19.0 Å². The van der Waals surface area contributed by atoms with Crippen LogP contribution in [-0.4, -0.2) is 35.7 Å². The normalized spacial score (nSPS) is 10.4. The lowest BCUT2D eigenvalue weighted by Gasteiger charge is -2.17. The molecular weight excluding hydrogens is 394 g/mol. The van der Waals surface area contributed by atoms with Crippen molar-refractivity contribution >= 4 is 5.91 Å². The third kappa shape index (κ3) is 5.51. The molecule has 0 atom stereocenters. The number of hydrogen-bond acceptors (Lipinski definition) is 6. The Labute approximate surface area is 182 Å². The van der Waals surface area contributed by atoms with Crippen LogP contribution in [0.25, 0.3) is 11.3 Å². The molecule has 0 bridgehead atoms. The average Bonchev–Trinajstić information content (AvgIpc) is 2.80. The Morgan fingerprint density at radius 2 is 1.55 bits per heavy atom. The molecule has 0 aliphatic rings. The summed E-state index contributed by atoms with van der Waals surface area (Å²) in [6.07, 6.45) is 5.17. The summed E-state index contributed by atoms with van der Waals surface area (Å²) in [6.45, 7) is 7.33. The molecule has 2 heterocycles. The Balaban J connectivity index is 1.84. The van der Waals surface area contributed by atoms with Gasteiger partial charge in [0.2, 0.25) is 5.75 Å². The van der Waals surface area contributed by atoms with Crippen molar-refractivity contribution in [1.29, 1.82) is 0 Å². The molecule has 1 N–H and O–H groups in total. The molecule has 162 valence electrons. The van der Waals surface area contributed by atoms with Gasteiger partial charge in [-0.3, -0.25) is 14.8 Å². The van der Waals surface area contributed by atoms with Crippen molar-refractivity contribution in [1.82, 2.24) is 15.3 Å². The van der Waals surface area contributed by atoms with Gasteiger partial charge in [0.05, 0.1) is 25.5 Å². The number of carbonyl (C=O) groups excluding carboxylic acids is 1. The molecule has 0 radical (unpaired) electrons. The summed E-state index contributed by atoms with van der Waals surface area (Å²) in [5.41, 5.74) is 3.09. The van der Waals surface area contributed by atoms with E-state index in [0.29, 0.717) is 49.2 Å². The summed E-state index contributed by atoms with van der Waals surface area (Å²) in [5, 5.41) is 2.97. The third-order valence-corrected chi connectivity index (χ3v) is 4.46. The van der Waals surface area contributed by atoms with E-state index in [-0.39, 0.29) is 5.91 Å². The van der Waals surface area contributed by atoms with E-state index in [4.69, 9.17) is 14.2 Å². The van der Waals surface area contributed by atoms with Crippen LogP contribution in [0.5, 0.6) is 17.2 Å². The van der Waals surface area contributed by atoms with Gasteiger partial charge in [0.25, 0.3) is 5.91 Å². The number of amides is 1. The molecule has 0 aliphatic heterocycles. The van der Waals surface area contributed by atoms with Crippen LogP contribution in [0.3, 0.4) is 0 Å². The lowest BCUT2D eigenvalue weighted by molar-refractivity contribution is 0.0950. The standard InChI is InChI=1S/C24H27N3O4/c1-4-29-20-14-19(15-21(30-5-2)23(20)31-6-3)24(28)27-16-18-8-7-11-26-22(18)17-9-12-25-13-10-17/h7-15H,4-6,16H2,1-3H3,(H,27,28). The number of nitrogens with one attached hydrogen (secondary N) is 1. The average molecular weight is 421 g/mol. The second-order valence-electron chi connectivity index (χ2n) is 6.53. The smallest absolute Gasteiger partial charge is 0.251 e. The summed E-state index contributed by atoms with van der Waals surface area (Å²) in [4.78, 5) is 21.5. The summed E-state index contributed by atoms with van der Waals surface area (Å²) < 4.78 is 17.1. The largest absolute Gasteiger partial charge is 0.490 e. The molecule has 0 spiro atoms. The molecule has 0 unspecified atom stereocenters. The van der Waals surface area contributed by atoms with E-state index in [0.717, 1.165) is 16.8 Å². The van der Waals surface area contributed by atoms with E-state index in [9.17, 15) is 4.79 Å². The van der Waals surface area contributed by atoms with Crippen LogP contribution < -0.4 is 19.5 Å². The first-order chi connectivity index (χ1) is 15.2. The van der Waals surface area contributed by atoms with Gasteiger partial charge in [-0.05, 0) is 56.7 Å². The number of carbonyl (C=O) groups is 1. The molecule has 7 heteroatoms. The maximum Gasteiger partial charge on any atom is 0.251 e. The number of rotatable bonds is 10. The van der Waals surface area contributed by atoms with Crippen LogP contribution in [0.15, 0.2) is 55.0 Å². The van der Waals surface area contributed by atoms with Gasteiger partial charge in [-0.25, -0.2) is 0 Å². The van der Waals surface area contributed by atoms with Crippen molar-refractivity contribution in [2.75, 3.05) is 19.8 Å². The molecule has 0 saturated carbocycles. The highest BCUT2D eigenvalue weighted by atomic mass is 16.5. The van der Waals surface area contributed by atoms with Crippen LogP contribution in [0, 0.1) is 0 Å². The molecule has 2 aromatic heterocycles. The highest BCUT2D eigenvalue weighted by Crippen LogP contribution is 2.39. The zero-order chi connectivity index (χ0) is 22.1. The van der Waals surface area contributed by atoms with Crippen molar-refractivity contribution in [3.63, 3.8) is 0 Å². The molecule has 31 heavy (non-hydrogen) atoms. The molecule has 0 saturated heterocycles. The lowest BCUT2D eigenvalue weighted by atomic mass is 10.1. The predicted octanol–water partition coefficient (Wildman–Crippen LogP) is 4.27. The van der Waals surface area contributed by atoms with E-state index in [1.807, 2.05) is 45.0 Å². The fourth-order valence-corrected chi connectivity index (χ4v) is 3.15. The predicted molar refractivity (Wildman–Crippen MR) is 119 cm³/mol. The summed E-state index contributed by atoms with van der Waals surface area (Å²) in [7, 11) is 0. The van der Waals surface area contributed by atoms with Crippen LogP contribution in [0.4, 0.5) is 0 Å². The maximum absolute atomic E-state index is 13.0. The number of nitrogens with zero attached hydrogens (tertiary/aromatic N) is 2. The van der Waals surface area contributed by atoms with Crippen LogP contribution in [-0.2, 0) is 6.54 Å². The van der Waals surface area contributed by atoms with E-state index < -0.39 is 0 Å². The van der Waals surface area contributed by atoms with Crippen molar-refractivity contribution in [3.8, 4) is 28.5 Å². The first-order valence-electron chi connectivity index (χ1n) is 10.4. The molecule has 7 nitrogen and oxygen atoms in total. The van der Waals surface area contributed by atoms with Crippen molar-refractivity contribution in [2.24, 2.45) is 0 Å². The molecular formula is C24H27N3O4. The quantitative estimate of drug-likeness (QED) is 0.526. The Bertz CT molecular complexity index is 982. The van der Waals surface area contributed by atoms with E-state index in [1.54, 1.807) is 30.7 Å². The molecule has 3 rings (SSSR count). The fraction of sp³-hybridized carbons (Fsp3) is 0.292. The zero-order valence-corrected chi connectivity index (χ0v) is 18.1. The zero-order valence-electron chi connectivity index (χ0n) is 18.1. The van der Waals surface area contributed by atoms with Gasteiger partial charge in [-0.2, -0.15) is 0 Å². The van der Waals surface area contributed by atoms with E-state index >= 15 is 0 Å². The van der Waals surface area contributed by atoms with Gasteiger partial charge in [-0.1, -0.05) is 6.07 Å². The SMILES string of the molecule is CCOc1cc(C(=O)NCc2cccnc2-c2ccncc2)cc(OCC)c1OCC. The Kier molecular flexibility index (Phi) is 7.81. The van der Waals surface area contributed by atoms with Crippen molar-refractivity contribution in [3.05, 3.63) is 66.1 Å². The molecule has 3 aromatic rings. The number of hydrogen-bond donors (Lipinski definition) is 1. The number of pyridine rings is 2. The Morgan fingerprint density at radius 1 is 0.903 bits per heavy atom. The molecule has 0 fully saturated rings. The number of benzene rings is 1. The molecule has 1 aromatic carbocycles. The topological polar surface area (TPSA) is 82.6 Å². The second-order valence-corrected chi connectivity index (χ2v) is 6.53. The van der Waals surface area contributed by atoms with Gasteiger partial charge in [0.15, 0.2) is 11.5 Å². The van der Waals surface area contributed by atoms with E-state index in [1.165, 1.54) is 0 Å². The first-order valence-corrected chi connectivity index (χ1v) is 10.4. The highest BCUT2D eigenvalue weighted by Gasteiger charge is 2.18. The number of aromatic nitrogens is 2. The van der Waals surface area contributed by atoms with Gasteiger partial charge in [0.1, 0.15) is 0 Å². The van der Waals surface area contributed by atoms with Crippen LogP contribution in [0.1, 0.15) is 36.7 Å². The van der Waals surface area contributed by atoms with E-state index in [2.05, 4.69) is 15.3 Å². The van der Waals surface area contributed by atoms with Gasteiger partial charge in [0, 0.05) is 36.3 Å². The highest BCUT2D eigenvalue weighted by molar-refractivity contribution is 5.95. The monoisotopic (exact) mass is 421 g/mol. The minimum atomic E-state index is -0.241. The van der Waals surface area contributed by atoms with Gasteiger partial charge >= 0.3 is 0 Å². The summed E-state index contributed by atoms with van der Waals surface area (Å²) in [6, 6.07) is 10.9. The van der Waals surface area contributed by atoms with Crippen LogP contribution >= 0.6 is 0 Å². The van der Waals surface area contributed by atoms with Crippen molar-refractivity contribution in [2.45, 2.75) is 27.3 Å². The van der Waals surface area contributed by atoms with Gasteiger partial charge in [-0.15, -0.1) is 0 Å². The first kappa shape index (κ1) is 22.1. The second kappa shape index (κ2) is 11.0. The van der Waals surface area contributed by atoms with Crippen LogP contribution in [0.2, 0.25) is 0 Å². The fourth-order valence-electron chi connectivity index (χ4n) is 3.15. The Morgan fingerprint density at radius 3 is 2.16 bits per heavy atom. The summed E-state index contributed by atoms with van der Waals surface area (Å²) in [5.74, 6) is 1.24. The number of ether oxygens (including phenoxy) is 3. The van der Waals surface area contributed by atoms with Gasteiger partial charge < -0.3 is 19.5 Å². The molecule has 0 aliphatic carbocycles. The Hall–Kier alpha value is -3.61. The minimum Gasteiger partial charge on any atom is -0.490 e. The molecule has 1 amide bonds. The lowest BCUT2D eigenvalue weighted by Crippen LogP contribution is -2.23. The minimum absolute atomic E-state index is 0.241. The summed E-state index contributed by atoms with van der Waals surface area (Å²) >= 11 is 0.